The Morgan fingerprint density at radius 2 is 1.70 bits per heavy atom. The molecule has 0 heterocycles. The van der Waals surface area contributed by atoms with Crippen LogP contribution in [0.3, 0.4) is 0 Å². The fourth-order valence-corrected chi connectivity index (χ4v) is 0.348. The van der Waals surface area contributed by atoms with Crippen LogP contribution < -0.4 is 10.9 Å². The van der Waals surface area contributed by atoms with Gasteiger partial charge in [-0.3, -0.25) is 0 Å². The number of primary sulfonamides is 1. The first-order valence-corrected chi connectivity index (χ1v) is 4.08. The normalized spacial score (nSPS) is 12.4. The number of halogens is 1. The van der Waals surface area contributed by atoms with Gasteiger partial charge in [-0.15, -0.1) is 12.4 Å². The molecule has 4 nitrogen and oxygen atoms in total. The quantitative estimate of drug-likeness (QED) is 0.609. The number of nitrogens with two attached hydrogens (primary N) is 2. The summed E-state index contributed by atoms with van der Waals surface area (Å²) >= 11 is 0. The standard InChI is InChI=1S/C4H12N2O2S.ClH/c1-4(2,3-5)9(6,7)8;/h3,5H2,1-2H3,(H2,6,7,8);1H. The van der Waals surface area contributed by atoms with E-state index in [4.69, 9.17) is 10.9 Å². The molecule has 0 radical (unpaired) electrons. The summed E-state index contributed by atoms with van der Waals surface area (Å²) in [5.41, 5.74) is 5.13. The Labute approximate surface area is 67.4 Å². The van der Waals surface area contributed by atoms with E-state index in [0.717, 1.165) is 0 Å². The van der Waals surface area contributed by atoms with Gasteiger partial charge in [0.25, 0.3) is 0 Å². The number of hydrogen-bond acceptors (Lipinski definition) is 3. The maximum atomic E-state index is 10.6. The third-order valence-electron chi connectivity index (χ3n) is 1.26. The number of sulfonamides is 1. The molecule has 0 rings (SSSR count). The molecule has 0 saturated carbocycles. The lowest BCUT2D eigenvalue weighted by Crippen LogP contribution is -2.43. The Bertz CT molecular complexity index is 187. The summed E-state index contributed by atoms with van der Waals surface area (Å²) in [5.74, 6) is 0. The van der Waals surface area contributed by atoms with Gasteiger partial charge in [0.2, 0.25) is 10.0 Å². The second kappa shape index (κ2) is 3.52. The van der Waals surface area contributed by atoms with Gasteiger partial charge in [-0.25, -0.2) is 13.6 Å². The molecular formula is C4H13ClN2O2S. The highest BCUT2D eigenvalue weighted by molar-refractivity contribution is 7.90. The molecule has 0 amide bonds. The van der Waals surface area contributed by atoms with Gasteiger partial charge in [0, 0.05) is 6.54 Å². The fraction of sp³-hybridized carbons (Fsp3) is 1.00. The molecule has 0 aliphatic carbocycles. The van der Waals surface area contributed by atoms with Crippen molar-refractivity contribution in [2.24, 2.45) is 10.9 Å². The fourth-order valence-electron chi connectivity index (χ4n) is 0.116. The van der Waals surface area contributed by atoms with Crippen LogP contribution >= 0.6 is 12.4 Å². The van der Waals surface area contributed by atoms with E-state index in [1.807, 2.05) is 0 Å². The van der Waals surface area contributed by atoms with Crippen molar-refractivity contribution in [1.29, 1.82) is 0 Å². The van der Waals surface area contributed by atoms with Crippen molar-refractivity contribution in [1.82, 2.24) is 0 Å². The molecule has 0 bridgehead atoms. The Kier molecular flexibility index (Phi) is 4.51. The zero-order chi connectivity index (χ0) is 7.71. The van der Waals surface area contributed by atoms with Gasteiger partial charge in [-0.2, -0.15) is 0 Å². The first-order valence-electron chi connectivity index (χ1n) is 2.53. The molecule has 0 unspecified atom stereocenters. The molecule has 0 aromatic heterocycles. The van der Waals surface area contributed by atoms with Crippen molar-refractivity contribution >= 4 is 22.4 Å². The lowest BCUT2D eigenvalue weighted by Gasteiger charge is -2.18. The molecule has 64 valence electrons. The summed E-state index contributed by atoms with van der Waals surface area (Å²) in [4.78, 5) is 0. The van der Waals surface area contributed by atoms with E-state index in [1.165, 1.54) is 13.8 Å². The minimum atomic E-state index is -3.48. The van der Waals surface area contributed by atoms with E-state index >= 15 is 0 Å². The molecule has 0 fully saturated rings. The zero-order valence-electron chi connectivity index (χ0n) is 5.99. The summed E-state index contributed by atoms with van der Waals surface area (Å²) in [6, 6.07) is 0. The summed E-state index contributed by atoms with van der Waals surface area (Å²) in [5, 5.41) is 4.82. The lowest BCUT2D eigenvalue weighted by molar-refractivity contribution is 0.550. The molecule has 0 aromatic carbocycles. The van der Waals surface area contributed by atoms with Crippen LogP contribution in [0.25, 0.3) is 0 Å². The smallest absolute Gasteiger partial charge is 0.215 e. The van der Waals surface area contributed by atoms with E-state index in [1.54, 1.807) is 0 Å². The zero-order valence-corrected chi connectivity index (χ0v) is 7.63. The van der Waals surface area contributed by atoms with Crippen molar-refractivity contribution < 1.29 is 8.42 Å². The van der Waals surface area contributed by atoms with Gasteiger partial charge in [0.15, 0.2) is 0 Å². The van der Waals surface area contributed by atoms with Crippen molar-refractivity contribution in [2.75, 3.05) is 6.54 Å². The predicted molar refractivity (Wildman–Crippen MR) is 43.5 cm³/mol. The maximum Gasteiger partial charge on any atom is 0.215 e. The van der Waals surface area contributed by atoms with Crippen LogP contribution in [0, 0.1) is 0 Å². The summed E-state index contributed by atoms with van der Waals surface area (Å²) in [6.45, 7) is 3.02. The molecule has 0 atom stereocenters. The Morgan fingerprint density at radius 3 is 1.70 bits per heavy atom. The second-order valence-corrected chi connectivity index (χ2v) is 4.70. The van der Waals surface area contributed by atoms with Crippen LogP contribution in [0.2, 0.25) is 0 Å². The molecule has 0 saturated heterocycles. The monoisotopic (exact) mass is 188 g/mol. The maximum absolute atomic E-state index is 10.6. The van der Waals surface area contributed by atoms with E-state index in [2.05, 4.69) is 0 Å². The highest BCUT2D eigenvalue weighted by Crippen LogP contribution is 2.08. The van der Waals surface area contributed by atoms with Crippen LogP contribution in [0.4, 0.5) is 0 Å². The summed E-state index contributed by atoms with van der Waals surface area (Å²) in [6.07, 6.45) is 0. The van der Waals surface area contributed by atoms with Crippen LogP contribution in [0.5, 0.6) is 0 Å². The SMILES string of the molecule is CC(C)(CN)S(N)(=O)=O.Cl. The average Bonchev–Trinajstić information content (AvgIpc) is 1.64. The molecule has 6 heteroatoms. The van der Waals surface area contributed by atoms with Gasteiger partial charge in [-0.05, 0) is 13.8 Å². The Morgan fingerprint density at radius 1 is 1.40 bits per heavy atom. The van der Waals surface area contributed by atoms with Gasteiger partial charge < -0.3 is 5.73 Å². The third kappa shape index (κ3) is 2.83. The second-order valence-electron chi connectivity index (χ2n) is 2.51. The molecule has 10 heavy (non-hydrogen) atoms. The molecule has 0 spiro atoms. The minimum absolute atomic E-state index is 0. The van der Waals surface area contributed by atoms with Crippen LogP contribution in [-0.4, -0.2) is 19.7 Å². The molecule has 0 aliphatic heterocycles. The van der Waals surface area contributed by atoms with Gasteiger partial charge in [0.05, 0.1) is 4.75 Å². The van der Waals surface area contributed by atoms with E-state index in [9.17, 15) is 8.42 Å². The molecule has 0 aromatic rings. The molecule has 0 aliphatic rings. The van der Waals surface area contributed by atoms with E-state index in [-0.39, 0.29) is 19.0 Å². The van der Waals surface area contributed by atoms with Gasteiger partial charge >= 0.3 is 0 Å². The van der Waals surface area contributed by atoms with Crippen LogP contribution in [0.1, 0.15) is 13.8 Å². The minimum Gasteiger partial charge on any atom is -0.329 e. The predicted octanol–water partition coefficient (Wildman–Crippen LogP) is -0.566. The van der Waals surface area contributed by atoms with Gasteiger partial charge in [0.1, 0.15) is 0 Å². The van der Waals surface area contributed by atoms with Gasteiger partial charge in [-0.1, -0.05) is 0 Å². The van der Waals surface area contributed by atoms with Crippen molar-refractivity contribution in [3.63, 3.8) is 0 Å². The summed E-state index contributed by atoms with van der Waals surface area (Å²) < 4.78 is 20.2. The largest absolute Gasteiger partial charge is 0.329 e. The number of hydrogen-bond donors (Lipinski definition) is 2. The first-order chi connectivity index (χ1) is 3.81. The van der Waals surface area contributed by atoms with E-state index < -0.39 is 14.8 Å². The Balaban J connectivity index is 0. The topological polar surface area (TPSA) is 86.2 Å². The molecular weight excluding hydrogens is 176 g/mol. The third-order valence-corrected chi connectivity index (χ3v) is 2.97. The first kappa shape index (κ1) is 12.8. The highest BCUT2D eigenvalue weighted by atomic mass is 35.5. The summed E-state index contributed by atoms with van der Waals surface area (Å²) in [7, 11) is -3.48. The molecule has 4 N–H and O–H groups in total. The lowest BCUT2D eigenvalue weighted by atomic mass is 10.2. The average molecular weight is 189 g/mol. The van der Waals surface area contributed by atoms with Crippen molar-refractivity contribution in [3.8, 4) is 0 Å². The number of rotatable bonds is 2. The van der Waals surface area contributed by atoms with Crippen molar-refractivity contribution in [3.05, 3.63) is 0 Å². The van der Waals surface area contributed by atoms with Crippen molar-refractivity contribution in [2.45, 2.75) is 18.6 Å². The highest BCUT2D eigenvalue weighted by Gasteiger charge is 2.28. The Hall–Kier alpha value is 0.160. The van der Waals surface area contributed by atoms with Crippen LogP contribution in [-0.2, 0) is 10.0 Å². The van der Waals surface area contributed by atoms with E-state index in [0.29, 0.717) is 0 Å². The van der Waals surface area contributed by atoms with Crippen LogP contribution in [0.15, 0.2) is 0 Å².